The Morgan fingerprint density at radius 3 is 2.79 bits per heavy atom. The van der Waals surface area contributed by atoms with E-state index in [4.69, 9.17) is 0 Å². The molecule has 2 aliphatic rings. The number of hydrogen-bond donors (Lipinski definition) is 2. The first-order valence-corrected chi connectivity index (χ1v) is 10.7. The van der Waals surface area contributed by atoms with Gasteiger partial charge in [0.2, 0.25) is 11.8 Å². The Kier molecular flexibility index (Phi) is 6.43. The van der Waals surface area contributed by atoms with Crippen LogP contribution in [0.5, 0.6) is 11.6 Å². The van der Waals surface area contributed by atoms with Crippen molar-refractivity contribution in [3.63, 3.8) is 0 Å². The third-order valence-corrected chi connectivity index (χ3v) is 5.53. The number of aromatic hydroxyl groups is 1. The van der Waals surface area contributed by atoms with Crippen LogP contribution in [0.25, 0.3) is 0 Å². The van der Waals surface area contributed by atoms with E-state index in [0.717, 1.165) is 37.9 Å². The molecule has 0 spiro atoms. The summed E-state index contributed by atoms with van der Waals surface area (Å²) < 4.78 is 44.6. The first-order chi connectivity index (χ1) is 15.7. The van der Waals surface area contributed by atoms with Crippen LogP contribution in [-0.2, 0) is 6.54 Å². The van der Waals surface area contributed by atoms with Crippen molar-refractivity contribution in [1.29, 1.82) is 0 Å². The number of piperidine rings is 1. The van der Waals surface area contributed by atoms with Gasteiger partial charge in [0.1, 0.15) is 17.8 Å². The number of carbonyl (C=O) groups excluding carboxylic acids is 1. The lowest BCUT2D eigenvalue weighted by molar-refractivity contribution is -0.159. The number of urea groups is 1. The van der Waals surface area contributed by atoms with Crippen LogP contribution in [0.4, 0.5) is 23.9 Å². The number of rotatable bonds is 7. The first kappa shape index (κ1) is 22.9. The summed E-state index contributed by atoms with van der Waals surface area (Å²) in [7, 11) is 0. The molecule has 0 radical (unpaired) electrons. The van der Waals surface area contributed by atoms with Crippen molar-refractivity contribution < 1.29 is 27.8 Å². The summed E-state index contributed by atoms with van der Waals surface area (Å²) in [6, 6.07) is 3.10. The Bertz CT molecular complexity index is 1000. The highest BCUT2D eigenvalue weighted by Gasteiger charge is 2.39. The van der Waals surface area contributed by atoms with E-state index >= 15 is 0 Å². The zero-order valence-corrected chi connectivity index (χ0v) is 18.0. The van der Waals surface area contributed by atoms with Gasteiger partial charge in [-0.3, -0.25) is 0 Å². The number of amides is 2. The minimum Gasteiger partial charge on any atom is -0.492 e. The predicted molar refractivity (Wildman–Crippen MR) is 111 cm³/mol. The van der Waals surface area contributed by atoms with E-state index in [2.05, 4.69) is 25.2 Å². The van der Waals surface area contributed by atoms with Crippen LogP contribution >= 0.6 is 0 Å². The summed E-state index contributed by atoms with van der Waals surface area (Å²) in [5, 5.41) is 20.0. The van der Waals surface area contributed by atoms with Crippen molar-refractivity contribution in [2.75, 3.05) is 18.0 Å². The molecule has 2 amide bonds. The molecule has 0 unspecified atom stereocenters. The van der Waals surface area contributed by atoms with Crippen LogP contribution in [0, 0.1) is 5.82 Å². The molecule has 33 heavy (non-hydrogen) atoms. The van der Waals surface area contributed by atoms with Crippen molar-refractivity contribution in [2.45, 2.75) is 57.3 Å². The van der Waals surface area contributed by atoms with E-state index < -0.39 is 11.9 Å². The van der Waals surface area contributed by atoms with Crippen molar-refractivity contribution in [2.24, 2.45) is 0 Å². The number of benzene rings is 1. The quantitative estimate of drug-likeness (QED) is 0.646. The molecule has 1 atom stereocenters. The maximum absolute atomic E-state index is 14.3. The predicted octanol–water partition coefficient (Wildman–Crippen LogP) is 3.05. The molecule has 4 rings (SSSR count). The average molecular weight is 466 g/mol. The van der Waals surface area contributed by atoms with Gasteiger partial charge in [0, 0.05) is 44.2 Å². The van der Waals surface area contributed by atoms with Gasteiger partial charge >= 0.3 is 12.1 Å². The molecule has 1 saturated carbocycles. The highest BCUT2D eigenvalue weighted by Crippen LogP contribution is 2.32. The number of nitrogens with one attached hydrogen (secondary N) is 1. The van der Waals surface area contributed by atoms with E-state index in [1.54, 1.807) is 4.90 Å². The number of ether oxygens (including phenoxy) is 1. The largest absolute Gasteiger partial charge is 0.492 e. The van der Waals surface area contributed by atoms with Crippen molar-refractivity contribution in [3.05, 3.63) is 35.8 Å². The molecule has 12 heteroatoms. The van der Waals surface area contributed by atoms with E-state index in [9.17, 15) is 23.1 Å². The molecule has 1 aromatic carbocycles. The van der Waals surface area contributed by atoms with Gasteiger partial charge in [0.25, 0.3) is 0 Å². The second-order valence-electron chi connectivity index (χ2n) is 8.32. The number of aromatic nitrogens is 3. The van der Waals surface area contributed by atoms with Crippen LogP contribution < -0.4 is 15.0 Å². The zero-order chi connectivity index (χ0) is 23.6. The van der Waals surface area contributed by atoms with Crippen LogP contribution in [0.2, 0.25) is 0 Å². The molecular weight excluding hydrogens is 441 g/mol. The molecule has 2 heterocycles. The molecule has 178 valence electrons. The van der Waals surface area contributed by atoms with Crippen molar-refractivity contribution >= 4 is 12.0 Å². The molecule has 1 aliphatic heterocycles. The van der Waals surface area contributed by atoms with Gasteiger partial charge in [0.15, 0.2) is 0 Å². The van der Waals surface area contributed by atoms with Gasteiger partial charge in [-0.1, -0.05) is 6.07 Å². The van der Waals surface area contributed by atoms with Crippen LogP contribution in [0.1, 0.15) is 38.2 Å². The molecule has 9 nitrogen and oxygen atoms in total. The third kappa shape index (κ3) is 5.93. The number of anilines is 1. The van der Waals surface area contributed by atoms with Gasteiger partial charge in [-0.2, -0.15) is 13.8 Å². The van der Waals surface area contributed by atoms with Crippen LogP contribution in [0.3, 0.4) is 0 Å². The number of hydrogen-bond acceptors (Lipinski definition) is 7. The summed E-state index contributed by atoms with van der Waals surface area (Å²) in [5.74, 6) is -0.953. The molecule has 1 aromatic heterocycles. The minimum atomic E-state index is -3.42. The minimum absolute atomic E-state index is 0.0906. The number of halogens is 3. The van der Waals surface area contributed by atoms with Gasteiger partial charge in [-0.05, 0) is 31.7 Å². The van der Waals surface area contributed by atoms with Gasteiger partial charge in [-0.15, -0.1) is 10.2 Å². The highest BCUT2D eigenvalue weighted by atomic mass is 19.3. The molecular formula is C21H25F3N6O3. The molecule has 1 aliphatic carbocycles. The summed E-state index contributed by atoms with van der Waals surface area (Å²) in [4.78, 5) is 20.7. The smallest absolute Gasteiger partial charge is 0.394 e. The fraction of sp³-hybridized carbons (Fsp3) is 0.524. The van der Waals surface area contributed by atoms with E-state index in [0.29, 0.717) is 26.0 Å². The topological polar surface area (TPSA) is 104 Å². The second-order valence-corrected chi connectivity index (χ2v) is 8.32. The standard InChI is InChI=1S/C21H25F3N6O3/c1-21(23,24)33-16-7-4-13(17(22)9-16)10-25-20(32)30(14-5-6-14)15-3-2-8-29(12-15)19-27-18(31)11-26-28-19/h4,7,9,11,14-15H,2-3,5-6,8,10,12H2,1H3,(H,25,32)(H,27,28,31)/t15-/m1/s1. The van der Waals surface area contributed by atoms with Crippen molar-refractivity contribution in [1.82, 2.24) is 25.4 Å². The lowest BCUT2D eigenvalue weighted by Crippen LogP contribution is -2.54. The lowest BCUT2D eigenvalue weighted by atomic mass is 10.0. The maximum Gasteiger partial charge on any atom is 0.394 e. The fourth-order valence-corrected chi connectivity index (χ4v) is 3.97. The van der Waals surface area contributed by atoms with E-state index in [1.165, 1.54) is 12.1 Å². The third-order valence-electron chi connectivity index (χ3n) is 5.53. The Balaban J connectivity index is 1.40. The first-order valence-electron chi connectivity index (χ1n) is 10.7. The second kappa shape index (κ2) is 9.28. The average Bonchev–Trinajstić information content (AvgIpc) is 3.57. The molecule has 0 bridgehead atoms. The Morgan fingerprint density at radius 1 is 1.33 bits per heavy atom. The number of nitrogens with zero attached hydrogens (tertiary/aromatic N) is 5. The van der Waals surface area contributed by atoms with Crippen molar-refractivity contribution in [3.8, 4) is 11.6 Å². The Labute approximate surface area is 188 Å². The van der Waals surface area contributed by atoms with Gasteiger partial charge in [0.05, 0.1) is 6.04 Å². The normalized spacial score (nSPS) is 18.7. The Morgan fingerprint density at radius 2 is 2.12 bits per heavy atom. The SMILES string of the molecule is CC(F)(F)Oc1ccc(CNC(=O)N(C2CC2)[C@@H]2CCCN(c3nncc(O)n3)C2)c(F)c1. The summed E-state index contributed by atoms with van der Waals surface area (Å²) in [6.07, 6.45) is 1.11. The summed E-state index contributed by atoms with van der Waals surface area (Å²) >= 11 is 0. The molecule has 2 N–H and O–H groups in total. The van der Waals surface area contributed by atoms with E-state index in [1.807, 2.05) is 4.90 Å². The number of carbonyl (C=O) groups is 1. The zero-order valence-electron chi connectivity index (χ0n) is 18.0. The number of alkyl halides is 2. The van der Waals surface area contributed by atoms with Crippen LogP contribution in [-0.4, -0.2) is 62.5 Å². The van der Waals surface area contributed by atoms with E-state index in [-0.39, 0.29) is 41.9 Å². The monoisotopic (exact) mass is 466 g/mol. The molecule has 2 aromatic rings. The highest BCUT2D eigenvalue weighted by molar-refractivity contribution is 5.75. The van der Waals surface area contributed by atoms with Gasteiger partial charge in [-0.25, -0.2) is 9.18 Å². The maximum atomic E-state index is 14.3. The summed E-state index contributed by atoms with van der Waals surface area (Å²) in [5.41, 5.74) is 0.162. The Hall–Kier alpha value is -3.31. The molecule has 2 fully saturated rings. The molecule has 1 saturated heterocycles. The summed E-state index contributed by atoms with van der Waals surface area (Å²) in [6.45, 7) is 1.65. The van der Waals surface area contributed by atoms with Crippen LogP contribution in [0.15, 0.2) is 24.4 Å². The fourth-order valence-electron chi connectivity index (χ4n) is 3.97. The van der Waals surface area contributed by atoms with Gasteiger partial charge < -0.3 is 25.0 Å². The lowest BCUT2D eigenvalue weighted by Gasteiger charge is -2.39.